The van der Waals surface area contributed by atoms with Gasteiger partial charge in [-0.1, -0.05) is 39.7 Å². The Kier molecular flexibility index (Phi) is 4.76. The monoisotopic (exact) mass is 473 g/mol. The van der Waals surface area contributed by atoms with Crippen LogP contribution in [0.3, 0.4) is 0 Å². The summed E-state index contributed by atoms with van der Waals surface area (Å²) in [5.41, 5.74) is -1.37. The molecule has 2 aliphatic rings. The molecule has 0 radical (unpaired) electrons. The van der Waals surface area contributed by atoms with Crippen molar-refractivity contribution in [3.8, 4) is 0 Å². The molecule has 1 aliphatic carbocycles. The second-order valence-electron chi connectivity index (χ2n) is 6.99. The maximum atomic E-state index is 15.1. The van der Waals surface area contributed by atoms with E-state index in [9.17, 15) is 9.90 Å². The van der Waals surface area contributed by atoms with E-state index in [1.54, 1.807) is 24.3 Å². The zero-order chi connectivity index (χ0) is 19.4. The number of ether oxygens (including phenoxy) is 1. The molecular formula is C19H15BrCl2FNO3. The van der Waals surface area contributed by atoms with E-state index in [1.807, 2.05) is 0 Å². The molecule has 0 bridgehead atoms. The van der Waals surface area contributed by atoms with Crippen molar-refractivity contribution in [1.82, 2.24) is 4.42 Å². The molecule has 2 aromatic rings. The van der Waals surface area contributed by atoms with Crippen LogP contribution in [0.5, 0.6) is 0 Å². The number of hydrogen-bond donors (Lipinski definition) is 1. The smallest absolute Gasteiger partial charge is 0.271 e. The van der Waals surface area contributed by atoms with Crippen LogP contribution in [0.4, 0.5) is 4.39 Å². The van der Waals surface area contributed by atoms with Gasteiger partial charge in [-0.3, -0.25) is 4.79 Å². The van der Waals surface area contributed by atoms with Gasteiger partial charge in [0.15, 0.2) is 0 Å². The summed E-state index contributed by atoms with van der Waals surface area (Å²) in [5, 5.41) is 10.1. The summed E-state index contributed by atoms with van der Waals surface area (Å²) in [7, 11) is 0. The maximum Gasteiger partial charge on any atom is 0.271 e. The van der Waals surface area contributed by atoms with Gasteiger partial charge in [-0.05, 0) is 37.1 Å². The number of halogens is 4. The number of carbonyl (C=O) groups excluding carboxylic acids is 1. The van der Waals surface area contributed by atoms with E-state index in [1.165, 1.54) is 12.1 Å². The minimum atomic E-state index is -1.64. The van der Waals surface area contributed by atoms with Gasteiger partial charge in [0.1, 0.15) is 5.82 Å². The topological polar surface area (TPSA) is 49.8 Å². The maximum absolute atomic E-state index is 15.1. The summed E-state index contributed by atoms with van der Waals surface area (Å²) in [6.45, 7) is 0.0905. The number of aliphatic hydroxyl groups excluding tert-OH is 1. The van der Waals surface area contributed by atoms with E-state index in [2.05, 4.69) is 15.9 Å². The molecule has 1 atom stereocenters. The third kappa shape index (κ3) is 2.98. The van der Waals surface area contributed by atoms with Crippen molar-refractivity contribution in [2.24, 2.45) is 5.41 Å². The predicted octanol–water partition coefficient (Wildman–Crippen LogP) is 4.84. The molecule has 1 heterocycles. The molecule has 0 aromatic heterocycles. The number of amides is 1. The highest BCUT2D eigenvalue weighted by molar-refractivity contribution is 9.10. The van der Waals surface area contributed by atoms with Gasteiger partial charge in [0.05, 0.1) is 24.3 Å². The van der Waals surface area contributed by atoms with Gasteiger partial charge in [0, 0.05) is 32.3 Å². The number of carbonyl (C=O) groups is 1. The molecule has 27 heavy (non-hydrogen) atoms. The van der Waals surface area contributed by atoms with Crippen LogP contribution >= 0.6 is 39.3 Å². The molecule has 8 heteroatoms. The van der Waals surface area contributed by atoms with Crippen molar-refractivity contribution in [3.05, 3.63) is 68.4 Å². The highest BCUT2D eigenvalue weighted by Gasteiger charge is 2.56. The Morgan fingerprint density at radius 3 is 2.52 bits per heavy atom. The Labute approximate surface area is 174 Å². The quantitative estimate of drug-likeness (QED) is 0.630. The largest absolute Gasteiger partial charge is 0.396 e. The van der Waals surface area contributed by atoms with Crippen molar-refractivity contribution in [1.29, 1.82) is 0 Å². The van der Waals surface area contributed by atoms with Crippen molar-refractivity contribution in [2.75, 3.05) is 13.2 Å². The summed E-state index contributed by atoms with van der Waals surface area (Å²) < 4.78 is 22.6. The zero-order valence-corrected chi connectivity index (χ0v) is 17.1. The van der Waals surface area contributed by atoms with Crippen LogP contribution in [0, 0.1) is 11.2 Å². The van der Waals surface area contributed by atoms with Gasteiger partial charge in [-0.15, -0.1) is 0 Å². The Morgan fingerprint density at radius 2 is 1.93 bits per heavy atom. The molecule has 4 rings (SSSR count). The fourth-order valence-corrected chi connectivity index (χ4v) is 4.24. The predicted molar refractivity (Wildman–Crippen MR) is 103 cm³/mol. The van der Waals surface area contributed by atoms with Crippen LogP contribution in [0.25, 0.3) is 0 Å². The second-order valence-corrected chi connectivity index (χ2v) is 8.68. The van der Waals surface area contributed by atoms with Crippen molar-refractivity contribution in [3.63, 3.8) is 0 Å². The molecule has 1 aliphatic heterocycles. The minimum Gasteiger partial charge on any atom is -0.396 e. The summed E-state index contributed by atoms with van der Waals surface area (Å²) in [5.74, 6) is -1.17. The number of aliphatic hydroxyl groups is 1. The summed E-state index contributed by atoms with van der Waals surface area (Å²) in [6.07, 6.45) is 1.60. The fourth-order valence-electron chi connectivity index (χ4n) is 3.36. The number of fused-ring (bicyclic) bond motifs is 1. The van der Waals surface area contributed by atoms with Crippen LogP contribution in [-0.4, -0.2) is 28.6 Å². The van der Waals surface area contributed by atoms with E-state index in [0.29, 0.717) is 15.1 Å². The first-order valence-corrected chi connectivity index (χ1v) is 9.85. The average Bonchev–Trinajstić information content (AvgIpc) is 3.39. The fraction of sp³-hybridized carbons (Fsp3) is 0.316. The molecule has 1 unspecified atom stereocenters. The molecule has 1 N–H and O–H groups in total. The Hall–Kier alpha value is -1.18. The van der Waals surface area contributed by atoms with Crippen LogP contribution in [-0.2, 0) is 10.5 Å². The molecule has 142 valence electrons. The van der Waals surface area contributed by atoms with E-state index in [4.69, 9.17) is 28.1 Å². The number of hydrogen-bond acceptors (Lipinski definition) is 3. The Balaban J connectivity index is 1.91. The lowest BCUT2D eigenvalue weighted by molar-refractivity contribution is -0.0990. The van der Waals surface area contributed by atoms with Crippen molar-refractivity contribution >= 4 is 45.2 Å². The van der Waals surface area contributed by atoms with Crippen molar-refractivity contribution < 1.29 is 19.0 Å². The van der Waals surface area contributed by atoms with Gasteiger partial charge in [-0.25, -0.2) is 8.81 Å². The van der Waals surface area contributed by atoms with Crippen LogP contribution in [0.2, 0.25) is 5.02 Å². The van der Waals surface area contributed by atoms with Gasteiger partial charge in [-0.2, -0.15) is 0 Å². The van der Waals surface area contributed by atoms with Crippen LogP contribution in [0.15, 0.2) is 40.9 Å². The third-order valence-corrected chi connectivity index (χ3v) is 6.30. The third-order valence-electron chi connectivity index (χ3n) is 5.19. The first-order chi connectivity index (χ1) is 12.8. The normalized spacial score (nSPS) is 22.9. The summed E-state index contributed by atoms with van der Waals surface area (Å²) in [4.78, 5) is 12.8. The average molecular weight is 475 g/mol. The van der Waals surface area contributed by atoms with E-state index < -0.39 is 17.4 Å². The standard InChI is InChI=1S/C19H15BrCl2FNO3/c20-12-7-14-16(15(23)8-12)19(24(22)17(14)26,11-1-3-13(21)4-2-11)27-10-18(9-25)5-6-18/h1-4,7-8,25H,5-6,9-10H2. The lowest BCUT2D eigenvalue weighted by Gasteiger charge is -2.36. The minimum absolute atomic E-state index is 0.0460. The lowest BCUT2D eigenvalue weighted by Crippen LogP contribution is -2.43. The SMILES string of the molecule is O=C1c2cc(Br)cc(F)c2C(OCC2(CO)CC2)(c2ccc(Cl)cc2)N1Cl. The number of benzene rings is 2. The van der Waals surface area contributed by atoms with Gasteiger partial charge in [0.2, 0.25) is 5.72 Å². The first kappa shape index (κ1) is 19.2. The lowest BCUT2D eigenvalue weighted by atomic mass is 9.93. The first-order valence-electron chi connectivity index (χ1n) is 8.34. The van der Waals surface area contributed by atoms with Gasteiger partial charge >= 0.3 is 0 Å². The molecule has 0 spiro atoms. The highest BCUT2D eigenvalue weighted by Crippen LogP contribution is 2.52. The molecule has 0 saturated heterocycles. The highest BCUT2D eigenvalue weighted by atomic mass is 79.9. The Morgan fingerprint density at radius 1 is 1.26 bits per heavy atom. The van der Waals surface area contributed by atoms with Crippen molar-refractivity contribution in [2.45, 2.75) is 18.6 Å². The van der Waals surface area contributed by atoms with Gasteiger partial charge < -0.3 is 9.84 Å². The number of nitrogens with zero attached hydrogens (tertiary/aromatic N) is 1. The molecular weight excluding hydrogens is 460 g/mol. The molecule has 2 aromatic carbocycles. The molecule has 1 fully saturated rings. The molecule has 1 amide bonds. The molecule has 4 nitrogen and oxygen atoms in total. The Bertz CT molecular complexity index is 920. The molecule has 1 saturated carbocycles. The van der Waals surface area contributed by atoms with Gasteiger partial charge in [0.25, 0.3) is 5.91 Å². The number of rotatable bonds is 5. The van der Waals surface area contributed by atoms with E-state index in [0.717, 1.165) is 17.3 Å². The zero-order valence-electron chi connectivity index (χ0n) is 14.0. The van der Waals surface area contributed by atoms with Crippen LogP contribution in [0.1, 0.15) is 34.3 Å². The second kappa shape index (κ2) is 6.71. The van der Waals surface area contributed by atoms with E-state index in [-0.39, 0.29) is 29.8 Å². The van der Waals surface area contributed by atoms with Crippen LogP contribution < -0.4 is 0 Å². The van der Waals surface area contributed by atoms with E-state index >= 15 is 4.39 Å². The summed E-state index contributed by atoms with van der Waals surface area (Å²) in [6, 6.07) is 9.36. The summed E-state index contributed by atoms with van der Waals surface area (Å²) >= 11 is 15.6.